The van der Waals surface area contributed by atoms with Gasteiger partial charge in [0.1, 0.15) is 18.8 Å². The molecule has 0 bridgehead atoms. The Kier molecular flexibility index (Phi) is 7.03. The van der Waals surface area contributed by atoms with Gasteiger partial charge in [-0.15, -0.1) is 0 Å². The van der Waals surface area contributed by atoms with Gasteiger partial charge in [0, 0.05) is 19.0 Å². The molecular weight excluding hydrogens is 292 g/mol. The standard InChI is InChI=1S/C12H20F4N4O/c1-3-17-9(5-10-18-8-19-20(10)4-2)6-21-7-12(15,16)11(13)14/h8-9,11,17H,3-7H2,1-2H3. The molecule has 0 fully saturated rings. The van der Waals surface area contributed by atoms with Crippen LogP contribution in [0, 0.1) is 0 Å². The Morgan fingerprint density at radius 3 is 2.67 bits per heavy atom. The van der Waals surface area contributed by atoms with E-state index in [1.807, 2.05) is 13.8 Å². The van der Waals surface area contributed by atoms with Gasteiger partial charge in [-0.25, -0.2) is 13.8 Å². The molecule has 1 heterocycles. The van der Waals surface area contributed by atoms with Crippen molar-refractivity contribution in [3.8, 4) is 0 Å². The summed E-state index contributed by atoms with van der Waals surface area (Å²) in [6.07, 6.45) is -1.89. The van der Waals surface area contributed by atoms with Gasteiger partial charge in [-0.2, -0.15) is 13.9 Å². The number of ether oxygens (including phenoxy) is 1. The van der Waals surface area contributed by atoms with Crippen molar-refractivity contribution in [1.29, 1.82) is 0 Å². The molecule has 1 N–H and O–H groups in total. The van der Waals surface area contributed by atoms with Crippen LogP contribution >= 0.6 is 0 Å². The number of hydrogen-bond acceptors (Lipinski definition) is 4. The molecule has 0 spiro atoms. The average molecular weight is 312 g/mol. The summed E-state index contributed by atoms with van der Waals surface area (Å²) < 4.78 is 56.0. The molecule has 5 nitrogen and oxygen atoms in total. The maximum atomic E-state index is 12.8. The van der Waals surface area contributed by atoms with Gasteiger partial charge in [-0.1, -0.05) is 6.92 Å². The highest BCUT2D eigenvalue weighted by Crippen LogP contribution is 2.22. The Labute approximate surface area is 120 Å². The van der Waals surface area contributed by atoms with Crippen LogP contribution in [0.5, 0.6) is 0 Å². The third-order valence-electron chi connectivity index (χ3n) is 2.85. The monoisotopic (exact) mass is 312 g/mol. The van der Waals surface area contributed by atoms with E-state index < -0.39 is 19.0 Å². The van der Waals surface area contributed by atoms with E-state index in [4.69, 9.17) is 4.74 Å². The van der Waals surface area contributed by atoms with Crippen LogP contribution in [0.2, 0.25) is 0 Å². The van der Waals surface area contributed by atoms with Crippen LogP contribution in [0.15, 0.2) is 6.33 Å². The number of alkyl halides is 4. The fraction of sp³-hybridized carbons (Fsp3) is 0.833. The van der Waals surface area contributed by atoms with E-state index in [9.17, 15) is 17.6 Å². The van der Waals surface area contributed by atoms with Gasteiger partial charge in [0.15, 0.2) is 0 Å². The molecule has 1 unspecified atom stereocenters. The largest absolute Gasteiger partial charge is 0.373 e. The highest BCUT2D eigenvalue weighted by molar-refractivity contribution is 4.89. The molecule has 1 aromatic rings. The van der Waals surface area contributed by atoms with Crippen molar-refractivity contribution >= 4 is 0 Å². The molecular formula is C12H20F4N4O. The van der Waals surface area contributed by atoms with Crippen molar-refractivity contribution in [1.82, 2.24) is 20.1 Å². The van der Waals surface area contributed by atoms with Crippen LogP contribution in [0.3, 0.4) is 0 Å². The first kappa shape index (κ1) is 17.8. The molecule has 0 aliphatic heterocycles. The minimum absolute atomic E-state index is 0.104. The first-order valence-corrected chi connectivity index (χ1v) is 6.74. The Morgan fingerprint density at radius 2 is 2.10 bits per heavy atom. The predicted molar refractivity (Wildman–Crippen MR) is 68.6 cm³/mol. The zero-order valence-corrected chi connectivity index (χ0v) is 12.0. The van der Waals surface area contributed by atoms with Gasteiger partial charge in [-0.3, -0.25) is 4.68 Å². The number of hydrogen-bond donors (Lipinski definition) is 1. The second-order valence-electron chi connectivity index (χ2n) is 4.53. The topological polar surface area (TPSA) is 52.0 Å². The Bertz CT molecular complexity index is 414. The molecule has 0 aliphatic rings. The predicted octanol–water partition coefficient (Wildman–Crippen LogP) is 1.74. The number of likely N-dealkylation sites (N-methyl/N-ethyl adjacent to an activating group) is 1. The number of rotatable bonds is 10. The van der Waals surface area contributed by atoms with Crippen molar-refractivity contribution < 1.29 is 22.3 Å². The number of nitrogens with zero attached hydrogens (tertiary/aromatic N) is 3. The normalized spacial score (nSPS) is 13.9. The highest BCUT2D eigenvalue weighted by atomic mass is 19.3. The highest BCUT2D eigenvalue weighted by Gasteiger charge is 2.41. The van der Waals surface area contributed by atoms with Crippen LogP contribution < -0.4 is 5.32 Å². The molecule has 0 amide bonds. The molecule has 0 aromatic carbocycles. The van der Waals surface area contributed by atoms with Crippen molar-refractivity contribution in [3.63, 3.8) is 0 Å². The summed E-state index contributed by atoms with van der Waals surface area (Å²) in [5, 5.41) is 7.06. The lowest BCUT2D eigenvalue weighted by Gasteiger charge is -2.20. The van der Waals surface area contributed by atoms with Gasteiger partial charge in [-0.05, 0) is 13.5 Å². The van der Waals surface area contributed by atoms with Crippen molar-refractivity contribution in [3.05, 3.63) is 12.2 Å². The quantitative estimate of drug-likeness (QED) is 0.669. The summed E-state index contributed by atoms with van der Waals surface area (Å²) in [5.74, 6) is -3.44. The van der Waals surface area contributed by atoms with Crippen molar-refractivity contribution in [2.45, 2.75) is 45.2 Å². The molecule has 21 heavy (non-hydrogen) atoms. The smallest absolute Gasteiger partial charge is 0.330 e. The summed E-state index contributed by atoms with van der Waals surface area (Å²) in [6, 6.07) is -0.294. The van der Waals surface area contributed by atoms with E-state index in [0.29, 0.717) is 25.3 Å². The molecule has 1 atom stereocenters. The SMILES string of the molecule is CCNC(COCC(F)(F)C(F)F)Cc1ncnn1CC. The van der Waals surface area contributed by atoms with Crippen molar-refractivity contribution in [2.75, 3.05) is 19.8 Å². The maximum absolute atomic E-state index is 12.8. The maximum Gasteiger partial charge on any atom is 0.330 e. The first-order chi connectivity index (χ1) is 9.90. The number of aromatic nitrogens is 3. The third kappa shape index (κ3) is 5.58. The van der Waals surface area contributed by atoms with E-state index in [1.165, 1.54) is 6.33 Å². The molecule has 122 valence electrons. The lowest BCUT2D eigenvalue weighted by atomic mass is 10.2. The molecule has 0 aliphatic carbocycles. The van der Waals surface area contributed by atoms with E-state index in [1.54, 1.807) is 4.68 Å². The summed E-state index contributed by atoms with van der Waals surface area (Å²) in [7, 11) is 0. The molecule has 1 rings (SSSR count). The Hall–Kier alpha value is -1.22. The summed E-state index contributed by atoms with van der Waals surface area (Å²) in [4.78, 5) is 4.08. The fourth-order valence-corrected chi connectivity index (χ4v) is 1.81. The van der Waals surface area contributed by atoms with E-state index >= 15 is 0 Å². The molecule has 0 saturated carbocycles. The van der Waals surface area contributed by atoms with E-state index in [0.717, 1.165) is 0 Å². The summed E-state index contributed by atoms with van der Waals surface area (Å²) in [5.41, 5.74) is 0. The van der Waals surface area contributed by atoms with Gasteiger partial charge < -0.3 is 10.1 Å². The van der Waals surface area contributed by atoms with Crippen molar-refractivity contribution in [2.24, 2.45) is 0 Å². The van der Waals surface area contributed by atoms with Crippen LogP contribution in [0.25, 0.3) is 0 Å². The van der Waals surface area contributed by atoms with Crippen LogP contribution in [0.4, 0.5) is 17.6 Å². The molecule has 0 saturated heterocycles. The lowest BCUT2D eigenvalue weighted by molar-refractivity contribution is -0.167. The van der Waals surface area contributed by atoms with E-state index in [-0.39, 0.29) is 12.6 Å². The van der Waals surface area contributed by atoms with Gasteiger partial charge in [0.2, 0.25) is 0 Å². The number of aryl methyl sites for hydroxylation is 1. The van der Waals surface area contributed by atoms with Gasteiger partial charge in [0.25, 0.3) is 0 Å². The first-order valence-electron chi connectivity index (χ1n) is 6.74. The van der Waals surface area contributed by atoms with Gasteiger partial charge in [0.05, 0.1) is 6.61 Å². The second-order valence-corrected chi connectivity index (χ2v) is 4.53. The Balaban J connectivity index is 2.50. The second kappa shape index (κ2) is 8.28. The molecule has 1 aromatic heterocycles. The fourth-order valence-electron chi connectivity index (χ4n) is 1.81. The molecule has 9 heteroatoms. The minimum Gasteiger partial charge on any atom is -0.373 e. The number of halogens is 4. The van der Waals surface area contributed by atoms with Gasteiger partial charge >= 0.3 is 12.3 Å². The van der Waals surface area contributed by atoms with E-state index in [2.05, 4.69) is 15.4 Å². The minimum atomic E-state index is -4.12. The summed E-state index contributed by atoms with van der Waals surface area (Å²) in [6.45, 7) is 3.59. The third-order valence-corrected chi connectivity index (χ3v) is 2.85. The van der Waals surface area contributed by atoms with Crippen LogP contribution in [-0.4, -0.2) is 52.9 Å². The lowest BCUT2D eigenvalue weighted by Crippen LogP contribution is -2.39. The Morgan fingerprint density at radius 1 is 1.38 bits per heavy atom. The van der Waals surface area contributed by atoms with Crippen LogP contribution in [-0.2, 0) is 17.7 Å². The average Bonchev–Trinajstić information content (AvgIpc) is 2.85. The summed E-state index contributed by atoms with van der Waals surface area (Å²) >= 11 is 0. The zero-order valence-electron chi connectivity index (χ0n) is 12.0. The number of nitrogens with one attached hydrogen (secondary N) is 1. The zero-order chi connectivity index (χ0) is 15.9. The van der Waals surface area contributed by atoms with Crippen LogP contribution in [0.1, 0.15) is 19.7 Å². The molecule has 0 radical (unpaired) electrons.